The van der Waals surface area contributed by atoms with Crippen molar-refractivity contribution in [1.82, 2.24) is 5.32 Å². The highest BCUT2D eigenvalue weighted by atomic mass is 32.2. The molecule has 0 unspecified atom stereocenters. The number of nitrogens with one attached hydrogen (secondary N) is 1. The Morgan fingerprint density at radius 3 is 2.57 bits per heavy atom. The molecule has 0 saturated carbocycles. The molecule has 0 atom stereocenters. The number of benzene rings is 1. The molecule has 1 aromatic carbocycles. The molecule has 0 radical (unpaired) electrons. The lowest BCUT2D eigenvalue weighted by atomic mass is 10.1. The zero-order chi connectivity index (χ0) is 15.7. The van der Waals surface area contributed by atoms with E-state index in [1.807, 2.05) is 24.3 Å². The molecule has 0 saturated heterocycles. The van der Waals surface area contributed by atoms with Crippen LogP contribution in [0.4, 0.5) is 0 Å². The Labute approximate surface area is 126 Å². The van der Waals surface area contributed by atoms with Crippen LogP contribution in [0.2, 0.25) is 0 Å². The molecule has 1 rings (SSSR count). The van der Waals surface area contributed by atoms with Gasteiger partial charge in [0.1, 0.15) is 15.6 Å². The molecule has 6 nitrogen and oxygen atoms in total. The first-order chi connectivity index (χ1) is 9.90. The van der Waals surface area contributed by atoms with E-state index in [1.54, 1.807) is 7.11 Å². The molecule has 0 heterocycles. The molecule has 118 valence electrons. The minimum absolute atomic E-state index is 0.135. The van der Waals surface area contributed by atoms with Crippen molar-refractivity contribution >= 4 is 15.8 Å². The molecule has 0 bridgehead atoms. The van der Waals surface area contributed by atoms with Gasteiger partial charge in [-0.1, -0.05) is 12.1 Å². The van der Waals surface area contributed by atoms with Gasteiger partial charge in [-0.3, -0.25) is 4.99 Å². The van der Waals surface area contributed by atoms with Crippen molar-refractivity contribution in [2.24, 2.45) is 10.7 Å². The second-order valence-electron chi connectivity index (χ2n) is 4.78. The summed E-state index contributed by atoms with van der Waals surface area (Å²) in [5.74, 6) is 1.31. The van der Waals surface area contributed by atoms with Crippen molar-refractivity contribution < 1.29 is 13.2 Å². The molecule has 21 heavy (non-hydrogen) atoms. The van der Waals surface area contributed by atoms with Gasteiger partial charge >= 0.3 is 0 Å². The summed E-state index contributed by atoms with van der Waals surface area (Å²) < 4.78 is 27.0. The summed E-state index contributed by atoms with van der Waals surface area (Å²) in [6.45, 7) is 1.09. The average molecular weight is 313 g/mol. The summed E-state index contributed by atoms with van der Waals surface area (Å²) >= 11 is 0. The van der Waals surface area contributed by atoms with Gasteiger partial charge in [0.15, 0.2) is 5.96 Å². The van der Waals surface area contributed by atoms with Crippen LogP contribution >= 0.6 is 0 Å². The van der Waals surface area contributed by atoms with Gasteiger partial charge in [0.2, 0.25) is 0 Å². The highest BCUT2D eigenvalue weighted by Gasteiger charge is 2.00. The third kappa shape index (κ3) is 8.19. The number of ether oxygens (including phenoxy) is 1. The predicted molar refractivity (Wildman–Crippen MR) is 85.5 cm³/mol. The molecule has 0 amide bonds. The molecule has 0 aliphatic heterocycles. The lowest BCUT2D eigenvalue weighted by molar-refractivity contribution is 0.414. The smallest absolute Gasteiger partial charge is 0.188 e. The van der Waals surface area contributed by atoms with Crippen molar-refractivity contribution in [2.75, 3.05) is 32.2 Å². The van der Waals surface area contributed by atoms with Crippen molar-refractivity contribution in [1.29, 1.82) is 0 Å². The highest BCUT2D eigenvalue weighted by Crippen LogP contribution is 2.11. The maximum atomic E-state index is 10.9. The first kappa shape index (κ1) is 17.3. The average Bonchev–Trinajstić information content (AvgIpc) is 2.43. The van der Waals surface area contributed by atoms with Gasteiger partial charge in [0.25, 0.3) is 0 Å². The van der Waals surface area contributed by atoms with Crippen LogP contribution in [0.5, 0.6) is 5.75 Å². The Kier molecular flexibility index (Phi) is 7.01. The van der Waals surface area contributed by atoms with E-state index in [1.165, 1.54) is 11.8 Å². The number of sulfone groups is 1. The molecule has 0 aliphatic carbocycles. The third-order valence-electron chi connectivity index (χ3n) is 2.83. The molecule has 0 fully saturated rings. The normalized spacial score (nSPS) is 12.2. The summed E-state index contributed by atoms with van der Waals surface area (Å²) in [5.41, 5.74) is 6.88. The van der Waals surface area contributed by atoms with Crippen LogP contribution in [-0.4, -0.2) is 46.6 Å². The summed E-state index contributed by atoms with van der Waals surface area (Å²) in [6.07, 6.45) is 2.52. The van der Waals surface area contributed by atoms with E-state index < -0.39 is 9.84 Å². The summed E-state index contributed by atoms with van der Waals surface area (Å²) in [6, 6.07) is 7.83. The SMILES string of the molecule is COc1ccc(CCNC(N)=NCCCS(C)(=O)=O)cc1. The summed E-state index contributed by atoms with van der Waals surface area (Å²) in [4.78, 5) is 4.08. The Morgan fingerprint density at radius 2 is 2.00 bits per heavy atom. The Hall–Kier alpha value is -1.76. The van der Waals surface area contributed by atoms with E-state index >= 15 is 0 Å². The van der Waals surface area contributed by atoms with Gasteiger partial charge in [-0.05, 0) is 30.5 Å². The van der Waals surface area contributed by atoms with Crippen LogP contribution in [0.25, 0.3) is 0 Å². The van der Waals surface area contributed by atoms with E-state index in [0.717, 1.165) is 12.2 Å². The van der Waals surface area contributed by atoms with Crippen molar-refractivity contribution in [3.63, 3.8) is 0 Å². The number of hydrogen-bond acceptors (Lipinski definition) is 4. The quantitative estimate of drug-likeness (QED) is 0.416. The van der Waals surface area contributed by atoms with Gasteiger partial charge in [-0.25, -0.2) is 8.42 Å². The Balaban J connectivity index is 2.24. The van der Waals surface area contributed by atoms with Gasteiger partial charge < -0.3 is 15.8 Å². The van der Waals surface area contributed by atoms with Gasteiger partial charge in [0.05, 0.1) is 12.9 Å². The highest BCUT2D eigenvalue weighted by molar-refractivity contribution is 7.90. The fourth-order valence-electron chi connectivity index (χ4n) is 1.71. The second kappa shape index (κ2) is 8.51. The monoisotopic (exact) mass is 313 g/mol. The maximum absolute atomic E-state index is 10.9. The molecule has 0 aliphatic rings. The summed E-state index contributed by atoms with van der Waals surface area (Å²) in [5, 5.41) is 3.00. The fraction of sp³-hybridized carbons (Fsp3) is 0.500. The lowest BCUT2D eigenvalue weighted by Gasteiger charge is -2.06. The Morgan fingerprint density at radius 1 is 1.33 bits per heavy atom. The van der Waals surface area contributed by atoms with Crippen molar-refractivity contribution in [2.45, 2.75) is 12.8 Å². The number of hydrogen-bond donors (Lipinski definition) is 2. The van der Waals surface area contributed by atoms with Gasteiger partial charge in [-0.15, -0.1) is 0 Å². The first-order valence-corrected chi connectivity index (χ1v) is 8.81. The van der Waals surface area contributed by atoms with Crippen LogP contribution in [0.3, 0.4) is 0 Å². The second-order valence-corrected chi connectivity index (χ2v) is 7.03. The number of methoxy groups -OCH3 is 1. The van der Waals surface area contributed by atoms with Gasteiger partial charge in [-0.2, -0.15) is 0 Å². The zero-order valence-corrected chi connectivity index (χ0v) is 13.3. The zero-order valence-electron chi connectivity index (χ0n) is 12.5. The van der Waals surface area contributed by atoms with E-state index in [9.17, 15) is 8.42 Å². The minimum Gasteiger partial charge on any atom is -0.497 e. The van der Waals surface area contributed by atoms with E-state index in [2.05, 4.69) is 10.3 Å². The number of rotatable bonds is 8. The van der Waals surface area contributed by atoms with Crippen LogP contribution < -0.4 is 15.8 Å². The number of nitrogens with zero attached hydrogens (tertiary/aromatic N) is 1. The number of nitrogens with two attached hydrogens (primary N) is 1. The fourth-order valence-corrected chi connectivity index (χ4v) is 2.36. The van der Waals surface area contributed by atoms with E-state index in [-0.39, 0.29) is 5.75 Å². The Bertz CT molecular complexity index is 553. The molecule has 1 aromatic rings. The molecule has 7 heteroatoms. The summed E-state index contributed by atoms with van der Waals surface area (Å²) in [7, 11) is -1.29. The largest absolute Gasteiger partial charge is 0.497 e. The van der Waals surface area contributed by atoms with Crippen LogP contribution in [0.1, 0.15) is 12.0 Å². The van der Waals surface area contributed by atoms with Crippen molar-refractivity contribution in [3.8, 4) is 5.75 Å². The van der Waals surface area contributed by atoms with Crippen LogP contribution in [-0.2, 0) is 16.3 Å². The molecular formula is C14H23N3O3S. The number of aliphatic imine (C=N–C) groups is 1. The van der Waals surface area contributed by atoms with Crippen LogP contribution in [0, 0.1) is 0 Å². The van der Waals surface area contributed by atoms with E-state index in [0.29, 0.717) is 25.5 Å². The maximum Gasteiger partial charge on any atom is 0.188 e. The molecule has 0 aromatic heterocycles. The standard InChI is InChI=1S/C14H23N3O3S/c1-20-13-6-4-12(5-7-13)8-10-17-14(15)16-9-3-11-21(2,18)19/h4-7H,3,8-11H2,1-2H3,(H3,15,16,17). The first-order valence-electron chi connectivity index (χ1n) is 6.75. The molecule has 0 spiro atoms. The minimum atomic E-state index is -2.92. The van der Waals surface area contributed by atoms with E-state index in [4.69, 9.17) is 10.5 Å². The van der Waals surface area contributed by atoms with Crippen molar-refractivity contribution in [3.05, 3.63) is 29.8 Å². The lowest BCUT2D eigenvalue weighted by Crippen LogP contribution is -2.33. The number of guanidine groups is 1. The third-order valence-corrected chi connectivity index (χ3v) is 3.86. The topological polar surface area (TPSA) is 93.8 Å². The molecule has 3 N–H and O–H groups in total. The van der Waals surface area contributed by atoms with Crippen LogP contribution in [0.15, 0.2) is 29.3 Å². The van der Waals surface area contributed by atoms with Gasteiger partial charge in [0, 0.05) is 19.3 Å². The molecular weight excluding hydrogens is 290 g/mol. The predicted octanol–water partition coefficient (Wildman–Crippen LogP) is 0.577.